The second kappa shape index (κ2) is 4.92. The lowest BCUT2D eigenvalue weighted by Crippen LogP contribution is -2.31. The van der Waals surface area contributed by atoms with Gasteiger partial charge in [-0.3, -0.25) is 0 Å². The van der Waals surface area contributed by atoms with Crippen LogP contribution in [0.5, 0.6) is 0 Å². The third-order valence-electron chi connectivity index (χ3n) is 2.37. The molecular weight excluding hydrogens is 217 g/mol. The summed E-state index contributed by atoms with van der Waals surface area (Å²) >= 11 is 5.62. The first-order valence-electron chi connectivity index (χ1n) is 4.82. The minimum Gasteiger partial charge on any atom is -0.391 e. The van der Waals surface area contributed by atoms with Crippen molar-refractivity contribution in [1.29, 1.82) is 0 Å². The maximum Gasteiger partial charge on any atom is 0.129 e. The van der Waals surface area contributed by atoms with E-state index >= 15 is 0 Å². The standard InChI is InChI=1S/C11H15ClFNO/c1-6(2)11(15)10(14)8-4-3-7(12)5-9(8)13/h3-6,10-11,15H,14H2,1-2H3/t10-,11+/m0/s1. The molecule has 0 aromatic heterocycles. The Balaban J connectivity index is 2.96. The van der Waals surface area contributed by atoms with E-state index in [9.17, 15) is 9.50 Å². The maximum absolute atomic E-state index is 13.4. The summed E-state index contributed by atoms with van der Waals surface area (Å²) in [4.78, 5) is 0. The van der Waals surface area contributed by atoms with Crippen molar-refractivity contribution in [2.45, 2.75) is 26.0 Å². The minimum absolute atomic E-state index is 0.0184. The highest BCUT2D eigenvalue weighted by Gasteiger charge is 2.22. The lowest BCUT2D eigenvalue weighted by molar-refractivity contribution is 0.0966. The summed E-state index contributed by atoms with van der Waals surface area (Å²) < 4.78 is 13.4. The van der Waals surface area contributed by atoms with E-state index in [1.54, 1.807) is 6.07 Å². The molecule has 15 heavy (non-hydrogen) atoms. The van der Waals surface area contributed by atoms with Crippen LogP contribution in [-0.2, 0) is 0 Å². The van der Waals surface area contributed by atoms with Gasteiger partial charge in [-0.1, -0.05) is 31.5 Å². The van der Waals surface area contributed by atoms with Crippen molar-refractivity contribution in [3.05, 3.63) is 34.6 Å². The Morgan fingerprint density at radius 2 is 2.00 bits per heavy atom. The van der Waals surface area contributed by atoms with Crippen LogP contribution >= 0.6 is 11.6 Å². The van der Waals surface area contributed by atoms with Gasteiger partial charge in [-0.2, -0.15) is 0 Å². The molecule has 0 bridgehead atoms. The Morgan fingerprint density at radius 3 is 2.47 bits per heavy atom. The van der Waals surface area contributed by atoms with Crippen molar-refractivity contribution in [1.82, 2.24) is 0 Å². The zero-order valence-corrected chi connectivity index (χ0v) is 9.50. The molecule has 0 aliphatic heterocycles. The normalized spacial score (nSPS) is 15.4. The Kier molecular flexibility index (Phi) is 4.08. The number of benzene rings is 1. The van der Waals surface area contributed by atoms with Crippen LogP contribution < -0.4 is 5.73 Å². The number of rotatable bonds is 3. The van der Waals surface area contributed by atoms with Crippen LogP contribution in [0.1, 0.15) is 25.5 Å². The van der Waals surface area contributed by atoms with Gasteiger partial charge in [0, 0.05) is 10.6 Å². The molecule has 0 aliphatic rings. The van der Waals surface area contributed by atoms with Crippen LogP contribution in [0, 0.1) is 11.7 Å². The molecule has 1 aromatic carbocycles. The molecule has 0 amide bonds. The molecule has 0 fully saturated rings. The van der Waals surface area contributed by atoms with Crippen molar-refractivity contribution in [3.8, 4) is 0 Å². The summed E-state index contributed by atoms with van der Waals surface area (Å²) in [6.07, 6.45) is -0.763. The number of halogens is 2. The summed E-state index contributed by atoms with van der Waals surface area (Å²) in [5, 5.41) is 10.0. The molecule has 0 heterocycles. The number of nitrogens with two attached hydrogens (primary N) is 1. The van der Waals surface area contributed by atoms with E-state index in [2.05, 4.69) is 0 Å². The van der Waals surface area contributed by atoms with E-state index in [0.717, 1.165) is 0 Å². The number of aliphatic hydroxyl groups is 1. The molecule has 84 valence electrons. The zero-order chi connectivity index (χ0) is 11.6. The molecule has 0 saturated carbocycles. The van der Waals surface area contributed by atoms with Crippen LogP contribution in [0.2, 0.25) is 5.02 Å². The Morgan fingerprint density at radius 1 is 1.40 bits per heavy atom. The number of hydrogen-bond acceptors (Lipinski definition) is 2. The molecule has 0 radical (unpaired) electrons. The van der Waals surface area contributed by atoms with Gasteiger partial charge >= 0.3 is 0 Å². The van der Waals surface area contributed by atoms with Gasteiger partial charge in [0.2, 0.25) is 0 Å². The van der Waals surface area contributed by atoms with E-state index in [-0.39, 0.29) is 5.92 Å². The predicted molar refractivity (Wildman–Crippen MR) is 59.2 cm³/mol. The second-order valence-electron chi connectivity index (χ2n) is 3.93. The first-order chi connectivity index (χ1) is 6.93. The molecule has 0 unspecified atom stereocenters. The van der Waals surface area contributed by atoms with E-state index in [1.165, 1.54) is 12.1 Å². The Hall–Kier alpha value is -0.640. The minimum atomic E-state index is -0.763. The highest BCUT2D eigenvalue weighted by molar-refractivity contribution is 6.30. The lowest BCUT2D eigenvalue weighted by Gasteiger charge is -2.22. The van der Waals surface area contributed by atoms with Crippen molar-refractivity contribution >= 4 is 11.6 Å². The van der Waals surface area contributed by atoms with Crippen molar-refractivity contribution in [3.63, 3.8) is 0 Å². The Bertz CT molecular complexity index is 343. The van der Waals surface area contributed by atoms with Crippen LogP contribution in [0.4, 0.5) is 4.39 Å². The third kappa shape index (κ3) is 2.91. The van der Waals surface area contributed by atoms with Crippen molar-refractivity contribution in [2.75, 3.05) is 0 Å². The van der Waals surface area contributed by atoms with Crippen molar-refractivity contribution in [2.24, 2.45) is 11.7 Å². The van der Waals surface area contributed by atoms with Gasteiger partial charge in [-0.05, 0) is 18.1 Å². The molecule has 2 atom stereocenters. The van der Waals surface area contributed by atoms with Crippen LogP contribution in [0.15, 0.2) is 18.2 Å². The fourth-order valence-corrected chi connectivity index (χ4v) is 1.53. The third-order valence-corrected chi connectivity index (χ3v) is 2.61. The fourth-order valence-electron chi connectivity index (χ4n) is 1.37. The molecule has 1 aromatic rings. The van der Waals surface area contributed by atoms with E-state index in [1.807, 2.05) is 13.8 Å². The maximum atomic E-state index is 13.4. The molecule has 1 rings (SSSR count). The SMILES string of the molecule is CC(C)[C@@H](O)[C@@H](N)c1ccc(Cl)cc1F. The average Bonchev–Trinajstić information content (AvgIpc) is 2.15. The van der Waals surface area contributed by atoms with Crippen LogP contribution in [-0.4, -0.2) is 11.2 Å². The summed E-state index contributed by atoms with van der Waals surface area (Å²) in [5.74, 6) is -0.496. The van der Waals surface area contributed by atoms with Gasteiger partial charge in [-0.15, -0.1) is 0 Å². The predicted octanol–water partition coefficient (Wildman–Crippen LogP) is 2.50. The number of hydrogen-bond donors (Lipinski definition) is 2. The highest BCUT2D eigenvalue weighted by Crippen LogP contribution is 2.24. The topological polar surface area (TPSA) is 46.2 Å². The molecule has 4 heteroatoms. The molecule has 2 nitrogen and oxygen atoms in total. The quantitative estimate of drug-likeness (QED) is 0.840. The first-order valence-corrected chi connectivity index (χ1v) is 5.20. The summed E-state index contributed by atoms with van der Waals surface area (Å²) in [5.41, 5.74) is 6.05. The van der Waals surface area contributed by atoms with Gasteiger partial charge in [0.05, 0.1) is 12.1 Å². The van der Waals surface area contributed by atoms with Gasteiger partial charge in [0.15, 0.2) is 0 Å². The van der Waals surface area contributed by atoms with Crippen molar-refractivity contribution < 1.29 is 9.50 Å². The second-order valence-corrected chi connectivity index (χ2v) is 4.36. The van der Waals surface area contributed by atoms with Gasteiger partial charge in [0.25, 0.3) is 0 Å². The number of aliphatic hydroxyl groups excluding tert-OH is 1. The van der Waals surface area contributed by atoms with E-state index in [4.69, 9.17) is 17.3 Å². The molecular formula is C11H15ClFNO. The van der Waals surface area contributed by atoms with Gasteiger partial charge in [0.1, 0.15) is 5.82 Å². The summed E-state index contributed by atoms with van der Waals surface area (Å²) in [7, 11) is 0. The fraction of sp³-hybridized carbons (Fsp3) is 0.455. The highest BCUT2D eigenvalue weighted by atomic mass is 35.5. The van der Waals surface area contributed by atoms with E-state index < -0.39 is 18.0 Å². The largest absolute Gasteiger partial charge is 0.391 e. The van der Waals surface area contributed by atoms with E-state index in [0.29, 0.717) is 10.6 Å². The lowest BCUT2D eigenvalue weighted by atomic mass is 9.94. The molecule has 0 spiro atoms. The average molecular weight is 232 g/mol. The molecule has 0 saturated heterocycles. The van der Waals surface area contributed by atoms with Gasteiger partial charge in [-0.25, -0.2) is 4.39 Å². The smallest absolute Gasteiger partial charge is 0.129 e. The first kappa shape index (κ1) is 12.4. The van der Waals surface area contributed by atoms with Crippen LogP contribution in [0.25, 0.3) is 0 Å². The molecule has 3 N–H and O–H groups in total. The zero-order valence-electron chi connectivity index (χ0n) is 8.74. The monoisotopic (exact) mass is 231 g/mol. The Labute approximate surface area is 93.9 Å². The molecule has 0 aliphatic carbocycles. The summed E-state index contributed by atoms with van der Waals surface area (Å²) in [6, 6.07) is 3.55. The summed E-state index contributed by atoms with van der Waals surface area (Å²) in [6.45, 7) is 3.66. The van der Waals surface area contributed by atoms with Gasteiger partial charge < -0.3 is 10.8 Å². The van der Waals surface area contributed by atoms with Crippen LogP contribution in [0.3, 0.4) is 0 Å².